The highest BCUT2D eigenvalue weighted by Crippen LogP contribution is 2.53. The van der Waals surface area contributed by atoms with Crippen molar-refractivity contribution in [3.63, 3.8) is 0 Å². The molecule has 0 atom stereocenters. The molecule has 2 aromatic heterocycles. The molecule has 6 heteroatoms. The Morgan fingerprint density at radius 1 is 0.757 bits per heavy atom. The molecule has 0 bridgehead atoms. The standard InChI is InChI=1S/C31H29N5O/c1-18-12-11-17-26(35-21(4)34-28-27(19(2)37)32-20(3)33-30(28)35)29(18)36-24-15-9-7-13-22(24)31(5,6)23-14-8-10-16-25(23)36/h7-17H,1-6H3. The Morgan fingerprint density at radius 2 is 1.35 bits per heavy atom. The fourth-order valence-corrected chi connectivity index (χ4v) is 5.73. The summed E-state index contributed by atoms with van der Waals surface area (Å²) in [7, 11) is 0. The number of carbonyl (C=O) groups excluding carboxylic acids is 1. The number of fused-ring (bicyclic) bond motifs is 3. The average Bonchev–Trinajstić information content (AvgIpc) is 3.19. The molecule has 1 aliphatic rings. The molecule has 0 amide bonds. The number of aromatic nitrogens is 4. The van der Waals surface area contributed by atoms with Crippen molar-refractivity contribution in [2.45, 2.75) is 47.0 Å². The number of hydrogen-bond donors (Lipinski definition) is 0. The van der Waals surface area contributed by atoms with Crippen LogP contribution in [0.15, 0.2) is 66.7 Å². The van der Waals surface area contributed by atoms with Gasteiger partial charge >= 0.3 is 0 Å². The molecule has 5 aromatic rings. The van der Waals surface area contributed by atoms with E-state index in [1.165, 1.54) is 18.1 Å². The zero-order chi connectivity index (χ0) is 26.1. The van der Waals surface area contributed by atoms with E-state index in [0.717, 1.165) is 34.1 Å². The van der Waals surface area contributed by atoms with Gasteiger partial charge in [-0.15, -0.1) is 0 Å². The molecule has 3 aromatic carbocycles. The van der Waals surface area contributed by atoms with E-state index in [1.807, 2.05) is 13.8 Å². The number of carbonyl (C=O) groups is 1. The van der Waals surface area contributed by atoms with Crippen molar-refractivity contribution < 1.29 is 4.79 Å². The van der Waals surface area contributed by atoms with Crippen LogP contribution in [0.1, 0.15) is 59.6 Å². The number of para-hydroxylation sites is 3. The Morgan fingerprint density at radius 3 is 1.97 bits per heavy atom. The van der Waals surface area contributed by atoms with E-state index in [4.69, 9.17) is 9.97 Å². The van der Waals surface area contributed by atoms with E-state index in [9.17, 15) is 4.79 Å². The number of ketones is 1. The fraction of sp³-hybridized carbons (Fsp3) is 0.226. The number of aryl methyl sites for hydroxylation is 3. The SMILES string of the molecule is CC(=O)c1nc(C)nc2c1nc(C)n2-c1cccc(C)c1N1c2ccccc2C(C)(C)c2ccccc21. The third-order valence-electron chi connectivity index (χ3n) is 7.44. The fourth-order valence-electron chi connectivity index (χ4n) is 5.73. The van der Waals surface area contributed by atoms with E-state index in [-0.39, 0.29) is 11.2 Å². The third-order valence-corrected chi connectivity index (χ3v) is 7.44. The van der Waals surface area contributed by atoms with Crippen LogP contribution in [0.2, 0.25) is 0 Å². The van der Waals surface area contributed by atoms with Crippen molar-refractivity contribution in [1.82, 2.24) is 19.5 Å². The summed E-state index contributed by atoms with van der Waals surface area (Å²) >= 11 is 0. The predicted molar refractivity (Wildman–Crippen MR) is 148 cm³/mol. The first-order chi connectivity index (χ1) is 17.7. The van der Waals surface area contributed by atoms with Crippen molar-refractivity contribution in [3.05, 3.63) is 101 Å². The summed E-state index contributed by atoms with van der Waals surface area (Å²) in [4.78, 5) is 28.7. The van der Waals surface area contributed by atoms with Crippen molar-refractivity contribution in [2.75, 3.05) is 4.90 Å². The Kier molecular flexibility index (Phi) is 5.06. The number of nitrogens with zero attached hydrogens (tertiary/aromatic N) is 5. The largest absolute Gasteiger partial charge is 0.308 e. The van der Waals surface area contributed by atoms with E-state index >= 15 is 0 Å². The molecular weight excluding hydrogens is 458 g/mol. The van der Waals surface area contributed by atoms with E-state index in [0.29, 0.717) is 22.7 Å². The zero-order valence-electron chi connectivity index (χ0n) is 22.0. The van der Waals surface area contributed by atoms with Crippen LogP contribution in [-0.4, -0.2) is 25.3 Å². The van der Waals surface area contributed by atoms with Crippen LogP contribution in [0.25, 0.3) is 16.9 Å². The Bertz CT molecular complexity index is 1680. The minimum Gasteiger partial charge on any atom is -0.308 e. The van der Waals surface area contributed by atoms with Crippen molar-refractivity contribution in [1.29, 1.82) is 0 Å². The zero-order valence-corrected chi connectivity index (χ0v) is 22.0. The summed E-state index contributed by atoms with van der Waals surface area (Å²) in [6.45, 7) is 12.0. The number of benzene rings is 3. The Labute approximate surface area is 216 Å². The predicted octanol–water partition coefficient (Wildman–Crippen LogP) is 7.05. The average molecular weight is 488 g/mol. The number of imidazole rings is 1. The highest BCUT2D eigenvalue weighted by atomic mass is 16.1. The summed E-state index contributed by atoms with van der Waals surface area (Å²) in [6, 6.07) is 23.6. The van der Waals surface area contributed by atoms with Crippen molar-refractivity contribution >= 4 is 34.0 Å². The van der Waals surface area contributed by atoms with Gasteiger partial charge in [0.25, 0.3) is 0 Å². The summed E-state index contributed by atoms with van der Waals surface area (Å²) in [6.07, 6.45) is 0. The maximum Gasteiger partial charge on any atom is 0.180 e. The van der Waals surface area contributed by atoms with Gasteiger partial charge in [-0.1, -0.05) is 62.4 Å². The smallest absolute Gasteiger partial charge is 0.180 e. The van der Waals surface area contributed by atoms with Crippen LogP contribution in [0.3, 0.4) is 0 Å². The molecule has 0 fully saturated rings. The lowest BCUT2D eigenvalue weighted by Gasteiger charge is -2.43. The molecule has 1 aliphatic heterocycles. The third kappa shape index (κ3) is 3.32. The first kappa shape index (κ1) is 23.1. The molecule has 0 N–H and O–H groups in total. The highest BCUT2D eigenvalue weighted by Gasteiger charge is 2.37. The van der Waals surface area contributed by atoms with Crippen LogP contribution in [-0.2, 0) is 5.41 Å². The summed E-state index contributed by atoms with van der Waals surface area (Å²) < 4.78 is 2.06. The topological polar surface area (TPSA) is 63.9 Å². The van der Waals surface area contributed by atoms with Crippen LogP contribution in [0.4, 0.5) is 17.1 Å². The molecule has 0 aliphatic carbocycles. The number of Topliss-reactive ketones (excluding diaryl/α,β-unsaturated/α-hetero) is 1. The molecule has 0 unspecified atom stereocenters. The lowest BCUT2D eigenvalue weighted by molar-refractivity contribution is 0.101. The van der Waals surface area contributed by atoms with Crippen molar-refractivity contribution in [2.24, 2.45) is 0 Å². The number of rotatable bonds is 3. The van der Waals surface area contributed by atoms with Gasteiger partial charge < -0.3 is 4.90 Å². The quantitative estimate of drug-likeness (QED) is 0.255. The molecule has 0 radical (unpaired) electrons. The maximum atomic E-state index is 12.4. The molecule has 0 spiro atoms. The van der Waals surface area contributed by atoms with Crippen LogP contribution in [0.5, 0.6) is 0 Å². The van der Waals surface area contributed by atoms with Gasteiger partial charge in [0.05, 0.1) is 22.7 Å². The second-order valence-corrected chi connectivity index (χ2v) is 10.3. The van der Waals surface area contributed by atoms with E-state index in [2.05, 4.69) is 102 Å². The molecule has 6 nitrogen and oxygen atoms in total. The lowest BCUT2D eigenvalue weighted by atomic mass is 9.73. The van der Waals surface area contributed by atoms with Gasteiger partial charge in [0.2, 0.25) is 0 Å². The summed E-state index contributed by atoms with van der Waals surface area (Å²) in [5.74, 6) is 1.18. The Balaban J connectivity index is 1.71. The molecule has 184 valence electrons. The first-order valence-corrected chi connectivity index (χ1v) is 12.5. The maximum absolute atomic E-state index is 12.4. The lowest BCUT2D eigenvalue weighted by Crippen LogP contribution is -2.31. The van der Waals surface area contributed by atoms with Gasteiger partial charge in [0.15, 0.2) is 11.4 Å². The minimum atomic E-state index is -0.148. The van der Waals surface area contributed by atoms with Crippen molar-refractivity contribution in [3.8, 4) is 5.69 Å². The number of hydrogen-bond acceptors (Lipinski definition) is 5. The molecule has 0 saturated carbocycles. The minimum absolute atomic E-state index is 0.120. The summed E-state index contributed by atoms with van der Waals surface area (Å²) in [5.41, 5.74) is 9.36. The van der Waals surface area contributed by atoms with Gasteiger partial charge in [-0.05, 0) is 55.7 Å². The van der Waals surface area contributed by atoms with Gasteiger partial charge in [-0.2, -0.15) is 0 Å². The molecule has 3 heterocycles. The second kappa shape index (κ2) is 8.10. The normalized spacial score (nSPS) is 13.9. The van der Waals surface area contributed by atoms with E-state index in [1.54, 1.807) is 0 Å². The molecule has 6 rings (SSSR count). The van der Waals surface area contributed by atoms with Gasteiger partial charge in [0.1, 0.15) is 22.9 Å². The Hall–Kier alpha value is -4.32. The highest BCUT2D eigenvalue weighted by molar-refractivity contribution is 6.03. The van der Waals surface area contributed by atoms with Gasteiger partial charge in [0, 0.05) is 12.3 Å². The van der Waals surface area contributed by atoms with Crippen LogP contribution < -0.4 is 4.90 Å². The number of anilines is 3. The molecule has 37 heavy (non-hydrogen) atoms. The van der Waals surface area contributed by atoms with Crippen LogP contribution in [0, 0.1) is 20.8 Å². The first-order valence-electron chi connectivity index (χ1n) is 12.5. The van der Waals surface area contributed by atoms with E-state index < -0.39 is 0 Å². The summed E-state index contributed by atoms with van der Waals surface area (Å²) in [5, 5.41) is 0. The second-order valence-electron chi connectivity index (χ2n) is 10.3. The monoisotopic (exact) mass is 487 g/mol. The van der Waals surface area contributed by atoms with Gasteiger partial charge in [-0.25, -0.2) is 15.0 Å². The molecule has 0 saturated heterocycles. The molecular formula is C31H29N5O. The van der Waals surface area contributed by atoms with Gasteiger partial charge in [-0.3, -0.25) is 9.36 Å². The van der Waals surface area contributed by atoms with Crippen LogP contribution >= 0.6 is 0 Å².